The number of nitrogens with one attached hydrogen (secondary N) is 4. The first-order valence-electron chi connectivity index (χ1n) is 30.6. The largest absolute Gasteiger partial charge is 0.434 e. The zero-order valence-electron chi connectivity index (χ0n) is 50.1. The van der Waals surface area contributed by atoms with Gasteiger partial charge in [0.15, 0.2) is 0 Å². The maximum atomic E-state index is 14.7. The van der Waals surface area contributed by atoms with E-state index in [0.717, 1.165) is 149 Å². The van der Waals surface area contributed by atoms with Gasteiger partial charge in [0.25, 0.3) is 0 Å². The van der Waals surface area contributed by atoms with Crippen LogP contribution in [0.3, 0.4) is 0 Å². The van der Waals surface area contributed by atoms with Gasteiger partial charge in [-0.2, -0.15) is 26.3 Å². The molecule has 14 nitrogen and oxygen atoms in total. The van der Waals surface area contributed by atoms with Crippen molar-refractivity contribution in [1.82, 2.24) is 40.4 Å². The highest BCUT2D eigenvalue weighted by Gasteiger charge is 2.54. The number of nitrogens with zero attached hydrogens (tertiary/aromatic N) is 4. The molecule has 14 rings (SSSR count). The first-order chi connectivity index (χ1) is 40.6. The van der Waals surface area contributed by atoms with Crippen molar-refractivity contribution in [1.29, 1.82) is 0 Å². The lowest BCUT2D eigenvalue weighted by Gasteiger charge is -2.37. The molecule has 4 aromatic carbocycles. The molecular weight excluding hydrogens is 1110 g/mol. The Morgan fingerprint density at radius 3 is 1.29 bits per heavy atom. The van der Waals surface area contributed by atoms with Crippen molar-refractivity contribution < 1.29 is 55.0 Å². The Bertz CT molecular complexity index is 3320. The number of carbonyl (C=O) groups is 4. The van der Waals surface area contributed by atoms with E-state index >= 15 is 0 Å². The summed E-state index contributed by atoms with van der Waals surface area (Å²) < 4.78 is 92.0. The molecule has 2 aromatic heterocycles. The van der Waals surface area contributed by atoms with Crippen LogP contribution in [-0.4, -0.2) is 101 Å². The van der Waals surface area contributed by atoms with E-state index in [2.05, 4.69) is 81.3 Å². The van der Waals surface area contributed by atoms with E-state index in [9.17, 15) is 45.5 Å². The topological polar surface area (TPSA) is 175 Å². The fourth-order valence-corrected chi connectivity index (χ4v) is 14.1. The molecule has 2 saturated carbocycles. The van der Waals surface area contributed by atoms with Gasteiger partial charge in [-0.3, -0.25) is 9.59 Å². The van der Waals surface area contributed by atoms with Crippen molar-refractivity contribution in [3.05, 3.63) is 107 Å². The monoisotopic (exact) mass is 1190 g/mol. The molecule has 86 heavy (non-hydrogen) atoms. The summed E-state index contributed by atoms with van der Waals surface area (Å²) in [6.45, 7) is 10.1. The summed E-state index contributed by atoms with van der Waals surface area (Å²) >= 11 is 0. The number of halogens is 6. The lowest BCUT2D eigenvalue weighted by Crippen LogP contribution is -2.55. The van der Waals surface area contributed by atoms with E-state index in [4.69, 9.17) is 19.4 Å². The van der Waals surface area contributed by atoms with E-state index < -0.39 is 71.7 Å². The molecule has 2 saturated heterocycles. The van der Waals surface area contributed by atoms with Crippen LogP contribution in [0, 0.1) is 23.7 Å². The smallest absolute Gasteiger partial charge is 0.427 e. The van der Waals surface area contributed by atoms with Crippen molar-refractivity contribution in [2.45, 2.75) is 205 Å². The Morgan fingerprint density at radius 2 is 0.919 bits per heavy atom. The zero-order valence-corrected chi connectivity index (χ0v) is 50.1. The highest BCUT2D eigenvalue weighted by atomic mass is 19.4. The molecule has 6 aliphatic carbocycles. The summed E-state index contributed by atoms with van der Waals surface area (Å²) in [5.41, 5.74) is 6.60. The zero-order chi connectivity index (χ0) is 61.4. The number of ether oxygens (including phenoxy) is 2. The molecule has 2 aliphatic heterocycles. The highest BCUT2D eigenvalue weighted by molar-refractivity contribution is 5.89. The first kappa shape index (κ1) is 60.6. The third-order valence-electron chi connectivity index (χ3n) is 19.1. The molecule has 4 amide bonds. The number of H-pyrrole nitrogens is 2. The number of benzene rings is 4. The van der Waals surface area contributed by atoms with Gasteiger partial charge in [-0.05, 0) is 184 Å². The fraction of sp³-hybridized carbons (Fsp3) is 0.545. The number of hydrogen-bond acceptors (Lipinski definition) is 8. The number of alkyl halides is 6. The van der Waals surface area contributed by atoms with Gasteiger partial charge in [0, 0.05) is 12.1 Å². The average Bonchev–Trinajstić information content (AvgIpc) is 1.89. The maximum Gasteiger partial charge on any atom is 0.427 e. The van der Waals surface area contributed by atoms with Crippen molar-refractivity contribution in [3.8, 4) is 22.3 Å². The summed E-state index contributed by atoms with van der Waals surface area (Å²) in [7, 11) is 0. The number of aryl methyl sites for hydroxylation is 4. The molecule has 8 aliphatic rings. The fourth-order valence-electron chi connectivity index (χ4n) is 14.1. The summed E-state index contributed by atoms with van der Waals surface area (Å²) in [5.74, 6) is 0.0288. The predicted molar refractivity (Wildman–Crippen MR) is 315 cm³/mol. The minimum absolute atomic E-state index is 0.111. The molecule has 20 heteroatoms. The first-order valence-corrected chi connectivity index (χ1v) is 30.6. The van der Waals surface area contributed by atoms with Crippen molar-refractivity contribution in [2.24, 2.45) is 23.7 Å². The molecule has 4 heterocycles. The second-order valence-electron chi connectivity index (χ2n) is 26.4. The van der Waals surface area contributed by atoms with Gasteiger partial charge in [-0.1, -0.05) is 102 Å². The number of aromatic amines is 2. The SMILES string of the molecule is CC(C)[C@H](NC(=O)OC(C)(C)C(F)(F)F)C(=O)N1[C@H](c2nc3ccc(-c4cc5ccc4CCc4ccc(c(-c6ccc7nc([C@@H]8C[C@@H]9CCCC[C@@H]9N8C(=O)[C@@H](NC(=O)OC(C)(C)C(F)(F)F)C(C)C)[nH]c7c6)c4)CC5)cc3[nH]2)C[C@@H]2CCCC[C@@H]21. The number of amides is 4. The van der Waals surface area contributed by atoms with Crippen LogP contribution < -0.4 is 10.6 Å². The van der Waals surface area contributed by atoms with Gasteiger partial charge >= 0.3 is 24.5 Å². The molecule has 6 aromatic rings. The summed E-state index contributed by atoms with van der Waals surface area (Å²) in [6, 6.07) is 22.5. The van der Waals surface area contributed by atoms with Gasteiger partial charge in [0.05, 0.1) is 34.2 Å². The molecule has 4 bridgehead atoms. The van der Waals surface area contributed by atoms with Gasteiger partial charge in [0.2, 0.25) is 23.0 Å². The van der Waals surface area contributed by atoms with Crippen molar-refractivity contribution in [2.75, 3.05) is 0 Å². The second kappa shape index (κ2) is 23.2. The number of carbonyl (C=O) groups excluding carboxylic acids is 4. The molecule has 460 valence electrons. The van der Waals surface area contributed by atoms with E-state index in [1.54, 1.807) is 27.7 Å². The van der Waals surface area contributed by atoms with Crippen LogP contribution in [0.25, 0.3) is 44.3 Å². The lowest BCUT2D eigenvalue weighted by molar-refractivity contribution is -0.244. The Balaban J connectivity index is 0.824. The minimum atomic E-state index is -4.81. The third kappa shape index (κ3) is 11.9. The van der Waals surface area contributed by atoms with Crippen LogP contribution in [0.5, 0.6) is 0 Å². The highest BCUT2D eigenvalue weighted by Crippen LogP contribution is 2.49. The average molecular weight is 1190 g/mol. The van der Waals surface area contributed by atoms with E-state index in [0.29, 0.717) is 24.5 Å². The van der Waals surface area contributed by atoms with Gasteiger partial charge < -0.3 is 39.9 Å². The van der Waals surface area contributed by atoms with Crippen molar-refractivity contribution >= 4 is 46.1 Å². The van der Waals surface area contributed by atoms with E-state index in [1.807, 2.05) is 21.9 Å². The molecule has 0 spiro atoms. The molecule has 4 N–H and O–H groups in total. The molecular formula is C66H78F6N8O6. The Hall–Kier alpha value is -7.12. The van der Waals surface area contributed by atoms with Crippen LogP contribution in [0.4, 0.5) is 35.9 Å². The molecule has 8 atom stereocenters. The Labute approximate surface area is 497 Å². The number of alkyl carbamates (subject to hydrolysis) is 2. The van der Waals surface area contributed by atoms with Crippen molar-refractivity contribution in [3.63, 3.8) is 0 Å². The number of likely N-dealkylation sites (tertiary alicyclic amines) is 2. The van der Waals surface area contributed by atoms with E-state index in [1.165, 1.54) is 22.3 Å². The van der Waals surface area contributed by atoms with Crippen LogP contribution in [-0.2, 0) is 44.7 Å². The quantitative estimate of drug-likeness (QED) is 0.0876. The standard InChI is InChI=1S/C66H78F6N8O6/c1-35(2)55(77-61(83)85-63(5,6)65(67,68)69)59(81)79-51-15-11-9-13-43(51)33-53(79)57-73-47-27-25-41(31-49(47)75-57)45-29-37-17-21-39(45)23-19-38-18-22-40(24-20-37)46(30-38)42-26-28-48-50(32-42)76-58(74-48)54-34-44-14-10-12-16-52(44)80(54)60(82)56(36(3)4)78-62(84)86-64(7,8)66(70,71)72/h17-18,21-22,25-32,35-36,43-44,51-56H,9-16,19-20,23-24,33-34H2,1-8H3,(H,73,75)(H,74,76)(H,77,83)(H,78,84)/t43-,44-,51-,52-,53-,54-,55-,56-/m0/s1. The summed E-state index contributed by atoms with van der Waals surface area (Å²) in [6.07, 6.45) is -0.497. The molecule has 0 radical (unpaired) electrons. The van der Waals surface area contributed by atoms with Crippen LogP contribution in [0.2, 0.25) is 0 Å². The molecule has 0 unspecified atom stereocenters. The van der Waals surface area contributed by atoms with Gasteiger partial charge in [-0.25, -0.2) is 19.6 Å². The predicted octanol–water partition coefficient (Wildman–Crippen LogP) is 14.5. The number of imidazole rings is 2. The number of fused-ring (bicyclic) bond motifs is 4. The molecule has 4 fully saturated rings. The third-order valence-corrected chi connectivity index (χ3v) is 19.1. The van der Waals surface area contributed by atoms with E-state index in [-0.39, 0.29) is 35.7 Å². The van der Waals surface area contributed by atoms with Gasteiger partial charge in [-0.15, -0.1) is 0 Å². The second-order valence-corrected chi connectivity index (χ2v) is 26.4. The number of aromatic nitrogens is 4. The maximum absolute atomic E-state index is 14.7. The lowest BCUT2D eigenvalue weighted by atomic mass is 9.84. The normalized spacial score (nSPS) is 22.6. The van der Waals surface area contributed by atoms with Crippen LogP contribution in [0.1, 0.15) is 166 Å². The Morgan fingerprint density at radius 1 is 0.535 bits per heavy atom. The minimum Gasteiger partial charge on any atom is -0.434 e. The van der Waals surface area contributed by atoms with Gasteiger partial charge in [0.1, 0.15) is 23.7 Å². The number of hydrogen-bond donors (Lipinski definition) is 4. The summed E-state index contributed by atoms with van der Waals surface area (Å²) in [4.78, 5) is 76.5. The number of rotatable bonds is 12. The summed E-state index contributed by atoms with van der Waals surface area (Å²) in [5, 5.41) is 5.01. The Kier molecular flexibility index (Phi) is 16.3. The van der Waals surface area contributed by atoms with Crippen LogP contribution in [0.15, 0.2) is 72.8 Å². The van der Waals surface area contributed by atoms with Crippen LogP contribution >= 0.6 is 0 Å².